The summed E-state index contributed by atoms with van der Waals surface area (Å²) in [6.45, 7) is 8.60. The molecule has 0 spiro atoms. The Labute approximate surface area is 105 Å². The molecule has 0 aliphatic carbocycles. The summed E-state index contributed by atoms with van der Waals surface area (Å²) < 4.78 is 0. The highest BCUT2D eigenvalue weighted by atomic mass is 32.2. The van der Waals surface area contributed by atoms with Crippen molar-refractivity contribution in [3.05, 3.63) is 0 Å². The number of hydrogen-bond donors (Lipinski definition) is 1. The van der Waals surface area contributed by atoms with E-state index >= 15 is 0 Å². The molecule has 0 amide bonds. The highest BCUT2D eigenvalue weighted by Crippen LogP contribution is 2.24. The Hall–Kier alpha value is 0.270. The molecule has 1 N–H and O–H groups in total. The average molecular weight is 242 g/mol. The predicted octanol–water partition coefficient (Wildman–Crippen LogP) is 2.20. The van der Waals surface area contributed by atoms with Crippen molar-refractivity contribution < 1.29 is 0 Å². The minimum atomic E-state index is 0.771. The van der Waals surface area contributed by atoms with E-state index in [1.165, 1.54) is 50.4 Å². The molecular formula is C13H26N2S. The average Bonchev–Trinajstić information content (AvgIpc) is 2.76. The van der Waals surface area contributed by atoms with Crippen LogP contribution in [-0.2, 0) is 0 Å². The summed E-state index contributed by atoms with van der Waals surface area (Å²) in [5.74, 6) is 3.45. The van der Waals surface area contributed by atoms with E-state index < -0.39 is 0 Å². The highest BCUT2D eigenvalue weighted by molar-refractivity contribution is 7.99. The van der Waals surface area contributed by atoms with Crippen LogP contribution in [0.1, 0.15) is 33.1 Å². The molecule has 0 saturated carbocycles. The fraction of sp³-hybridized carbons (Fsp3) is 1.00. The van der Waals surface area contributed by atoms with Gasteiger partial charge in [-0.25, -0.2) is 0 Å². The summed E-state index contributed by atoms with van der Waals surface area (Å²) in [5, 5.41) is 3.64. The first-order chi connectivity index (χ1) is 7.77. The van der Waals surface area contributed by atoms with Crippen LogP contribution in [0.5, 0.6) is 0 Å². The maximum atomic E-state index is 3.64. The summed E-state index contributed by atoms with van der Waals surface area (Å²) in [6.07, 6.45) is 4.18. The predicted molar refractivity (Wildman–Crippen MR) is 73.2 cm³/mol. The van der Waals surface area contributed by atoms with Gasteiger partial charge in [0.15, 0.2) is 0 Å². The van der Waals surface area contributed by atoms with Crippen LogP contribution < -0.4 is 5.32 Å². The van der Waals surface area contributed by atoms with Crippen molar-refractivity contribution in [3.8, 4) is 0 Å². The Kier molecular flexibility index (Phi) is 4.98. The maximum absolute atomic E-state index is 3.64. The van der Waals surface area contributed by atoms with Crippen molar-refractivity contribution in [2.24, 2.45) is 5.92 Å². The lowest BCUT2D eigenvalue weighted by atomic mass is 10.0. The van der Waals surface area contributed by atoms with Gasteiger partial charge in [-0.2, -0.15) is 11.8 Å². The van der Waals surface area contributed by atoms with Gasteiger partial charge >= 0.3 is 0 Å². The molecule has 2 heterocycles. The molecule has 2 fully saturated rings. The van der Waals surface area contributed by atoms with Gasteiger partial charge < -0.3 is 10.2 Å². The van der Waals surface area contributed by atoms with Gasteiger partial charge in [0, 0.05) is 30.1 Å². The lowest BCUT2D eigenvalue weighted by Crippen LogP contribution is -2.42. The topological polar surface area (TPSA) is 15.3 Å². The van der Waals surface area contributed by atoms with E-state index in [4.69, 9.17) is 0 Å². The summed E-state index contributed by atoms with van der Waals surface area (Å²) in [7, 11) is 0. The van der Waals surface area contributed by atoms with Gasteiger partial charge in [-0.1, -0.05) is 13.8 Å². The molecule has 0 bridgehead atoms. The molecule has 2 nitrogen and oxygen atoms in total. The van der Waals surface area contributed by atoms with Gasteiger partial charge in [-0.3, -0.25) is 0 Å². The van der Waals surface area contributed by atoms with Gasteiger partial charge in [0.2, 0.25) is 0 Å². The smallest absolute Gasteiger partial charge is 0.0170 e. The van der Waals surface area contributed by atoms with Crippen molar-refractivity contribution >= 4 is 11.8 Å². The third-order valence-electron chi connectivity index (χ3n) is 3.95. The first-order valence-corrected chi connectivity index (χ1v) is 7.98. The van der Waals surface area contributed by atoms with Crippen LogP contribution in [0, 0.1) is 5.92 Å². The molecule has 16 heavy (non-hydrogen) atoms. The quantitative estimate of drug-likeness (QED) is 0.814. The van der Waals surface area contributed by atoms with Crippen LogP contribution in [0.25, 0.3) is 0 Å². The van der Waals surface area contributed by atoms with E-state index in [1.54, 1.807) is 0 Å². The second-order valence-corrected chi connectivity index (χ2v) is 6.65. The fourth-order valence-corrected chi connectivity index (χ4v) is 4.01. The van der Waals surface area contributed by atoms with Crippen molar-refractivity contribution in [2.75, 3.05) is 31.1 Å². The lowest BCUT2D eigenvalue weighted by molar-refractivity contribution is 0.198. The molecular weight excluding hydrogens is 216 g/mol. The summed E-state index contributed by atoms with van der Waals surface area (Å²) in [4.78, 5) is 2.73. The van der Waals surface area contributed by atoms with Gasteiger partial charge in [0.05, 0.1) is 0 Å². The van der Waals surface area contributed by atoms with Gasteiger partial charge in [0.1, 0.15) is 0 Å². The minimum Gasteiger partial charge on any atom is -0.312 e. The number of nitrogens with zero attached hydrogens (tertiary/aromatic N) is 1. The van der Waals surface area contributed by atoms with Crippen LogP contribution in [-0.4, -0.2) is 48.1 Å². The summed E-state index contributed by atoms with van der Waals surface area (Å²) in [5.41, 5.74) is 0. The summed E-state index contributed by atoms with van der Waals surface area (Å²) >= 11 is 2.11. The second-order valence-electron chi connectivity index (χ2n) is 5.50. The third kappa shape index (κ3) is 3.38. The van der Waals surface area contributed by atoms with E-state index in [-0.39, 0.29) is 0 Å². The van der Waals surface area contributed by atoms with Crippen LogP contribution in [0.2, 0.25) is 0 Å². The largest absolute Gasteiger partial charge is 0.312 e. The number of hydrogen-bond acceptors (Lipinski definition) is 3. The van der Waals surface area contributed by atoms with E-state index in [0.717, 1.165) is 18.0 Å². The molecule has 2 aliphatic heterocycles. The molecule has 2 aliphatic rings. The standard InChI is InChI=1S/C13H26N2S/c1-11(2)13-4-3-7-15(13)8-5-12-10-16-9-6-14-12/h11-14H,3-10H2,1-2H3. The Morgan fingerprint density at radius 3 is 3.00 bits per heavy atom. The number of rotatable bonds is 4. The van der Waals surface area contributed by atoms with Crippen molar-refractivity contribution in [2.45, 2.75) is 45.2 Å². The molecule has 3 heteroatoms. The lowest BCUT2D eigenvalue weighted by Gasteiger charge is -2.30. The van der Waals surface area contributed by atoms with E-state index in [1.807, 2.05) is 0 Å². The van der Waals surface area contributed by atoms with Gasteiger partial charge in [-0.05, 0) is 38.3 Å². The third-order valence-corrected chi connectivity index (χ3v) is 5.08. The Morgan fingerprint density at radius 1 is 1.44 bits per heavy atom. The Bertz CT molecular complexity index is 202. The van der Waals surface area contributed by atoms with Crippen LogP contribution in [0.3, 0.4) is 0 Å². The Balaban J connectivity index is 1.71. The molecule has 2 atom stereocenters. The monoisotopic (exact) mass is 242 g/mol. The second kappa shape index (κ2) is 6.27. The van der Waals surface area contributed by atoms with Crippen LogP contribution >= 0.6 is 11.8 Å². The maximum Gasteiger partial charge on any atom is 0.0170 e. The number of thioether (sulfide) groups is 1. The fourth-order valence-electron chi connectivity index (χ4n) is 3.01. The van der Waals surface area contributed by atoms with E-state index in [9.17, 15) is 0 Å². The SMILES string of the molecule is CC(C)C1CCCN1CCC1CSCCN1. The highest BCUT2D eigenvalue weighted by Gasteiger charge is 2.27. The number of nitrogens with one attached hydrogen (secondary N) is 1. The van der Waals surface area contributed by atoms with Crippen molar-refractivity contribution in [1.29, 1.82) is 0 Å². The first-order valence-electron chi connectivity index (χ1n) is 6.82. The van der Waals surface area contributed by atoms with Crippen LogP contribution in [0.15, 0.2) is 0 Å². The zero-order valence-electron chi connectivity index (χ0n) is 10.7. The molecule has 94 valence electrons. The molecule has 0 aromatic heterocycles. The molecule has 0 radical (unpaired) electrons. The molecule has 2 saturated heterocycles. The summed E-state index contributed by atoms with van der Waals surface area (Å²) in [6, 6.07) is 1.63. The molecule has 0 aromatic carbocycles. The molecule has 2 rings (SSSR count). The van der Waals surface area contributed by atoms with Gasteiger partial charge in [0.25, 0.3) is 0 Å². The Morgan fingerprint density at radius 2 is 2.31 bits per heavy atom. The normalized spacial score (nSPS) is 32.4. The molecule has 2 unspecified atom stereocenters. The first kappa shape index (κ1) is 12.7. The zero-order valence-corrected chi connectivity index (χ0v) is 11.6. The van der Waals surface area contributed by atoms with Gasteiger partial charge in [-0.15, -0.1) is 0 Å². The van der Waals surface area contributed by atoms with Crippen LogP contribution in [0.4, 0.5) is 0 Å². The van der Waals surface area contributed by atoms with Crippen molar-refractivity contribution in [3.63, 3.8) is 0 Å². The van der Waals surface area contributed by atoms with E-state index in [0.29, 0.717) is 0 Å². The zero-order chi connectivity index (χ0) is 11.4. The number of likely N-dealkylation sites (tertiary alicyclic amines) is 1. The minimum absolute atomic E-state index is 0.771. The molecule has 0 aromatic rings. The van der Waals surface area contributed by atoms with E-state index in [2.05, 4.69) is 35.8 Å². The van der Waals surface area contributed by atoms with Crippen molar-refractivity contribution in [1.82, 2.24) is 10.2 Å².